The molecule has 0 saturated heterocycles. The van der Waals surface area contributed by atoms with Gasteiger partial charge in [0.2, 0.25) is 10.0 Å². The third-order valence-corrected chi connectivity index (χ3v) is 4.85. The van der Waals surface area contributed by atoms with Crippen molar-refractivity contribution in [2.45, 2.75) is 24.3 Å². The molecule has 0 atom stereocenters. The Hall–Kier alpha value is -2.45. The molecule has 2 aromatic carbocycles. The summed E-state index contributed by atoms with van der Waals surface area (Å²) in [6.45, 7) is 0.883. The summed E-state index contributed by atoms with van der Waals surface area (Å²) in [6, 6.07) is 8.46. The Morgan fingerprint density at radius 2 is 2.04 bits per heavy atom. The third kappa shape index (κ3) is 3.97. The fourth-order valence-electron chi connectivity index (χ4n) is 2.66. The van der Waals surface area contributed by atoms with Crippen molar-refractivity contribution < 1.29 is 22.3 Å². The van der Waals surface area contributed by atoms with E-state index in [1.54, 1.807) is 0 Å². The third-order valence-electron chi connectivity index (χ3n) is 3.94. The van der Waals surface area contributed by atoms with E-state index in [1.807, 2.05) is 18.2 Å². The summed E-state index contributed by atoms with van der Waals surface area (Å²) in [4.78, 5) is 11.9. The van der Waals surface area contributed by atoms with Gasteiger partial charge in [0.05, 0.1) is 17.1 Å². The van der Waals surface area contributed by atoms with Gasteiger partial charge in [0.25, 0.3) is 5.91 Å². The number of halogens is 1. The molecule has 1 aliphatic heterocycles. The molecule has 0 spiro atoms. The number of nitrogens with one attached hydrogen (secondary N) is 1. The van der Waals surface area contributed by atoms with E-state index in [0.717, 1.165) is 47.9 Å². The van der Waals surface area contributed by atoms with Crippen LogP contribution in [-0.2, 0) is 23.0 Å². The van der Waals surface area contributed by atoms with Gasteiger partial charge in [-0.1, -0.05) is 12.1 Å². The second-order valence-corrected chi connectivity index (χ2v) is 7.32. The van der Waals surface area contributed by atoms with Crippen LogP contribution in [-0.4, -0.2) is 20.9 Å². The molecule has 3 N–H and O–H groups in total. The highest BCUT2D eigenvalue weighted by Gasteiger charge is 2.17. The number of amides is 1. The van der Waals surface area contributed by atoms with Gasteiger partial charge in [0.1, 0.15) is 11.6 Å². The molecule has 3 rings (SSSR count). The number of aryl methyl sites for hydroxylation is 1. The number of ether oxygens (including phenoxy) is 1. The Labute approximate surface area is 144 Å². The minimum absolute atomic E-state index is 0.186. The van der Waals surface area contributed by atoms with E-state index >= 15 is 0 Å². The van der Waals surface area contributed by atoms with Gasteiger partial charge < -0.3 is 10.1 Å². The first-order valence-corrected chi connectivity index (χ1v) is 9.24. The first-order chi connectivity index (χ1) is 11.8. The van der Waals surface area contributed by atoms with E-state index < -0.39 is 21.7 Å². The standard InChI is InChI=1S/C17H17FN2O4S/c18-15-5-4-13(25(19,22)23)9-14(15)17(21)20-10-11-3-6-16-12(8-11)2-1-7-24-16/h3-6,8-9H,1-2,7,10H2,(H,20,21)(H2,19,22,23). The van der Waals surface area contributed by atoms with Crippen LogP contribution in [0, 0.1) is 5.82 Å². The molecular formula is C17H17FN2O4S. The van der Waals surface area contributed by atoms with Crippen molar-refractivity contribution >= 4 is 15.9 Å². The fourth-order valence-corrected chi connectivity index (χ4v) is 3.20. The average molecular weight is 364 g/mol. The van der Waals surface area contributed by atoms with E-state index in [9.17, 15) is 17.6 Å². The van der Waals surface area contributed by atoms with Crippen molar-refractivity contribution in [2.75, 3.05) is 6.61 Å². The summed E-state index contributed by atoms with van der Waals surface area (Å²) in [5, 5.41) is 7.60. The number of primary sulfonamides is 1. The Morgan fingerprint density at radius 3 is 2.80 bits per heavy atom. The number of hydrogen-bond donors (Lipinski definition) is 2. The average Bonchev–Trinajstić information content (AvgIpc) is 2.59. The molecule has 25 heavy (non-hydrogen) atoms. The monoisotopic (exact) mass is 364 g/mol. The first kappa shape index (κ1) is 17.4. The molecule has 0 saturated carbocycles. The minimum Gasteiger partial charge on any atom is -0.493 e. The molecule has 1 amide bonds. The lowest BCUT2D eigenvalue weighted by atomic mass is 10.0. The molecule has 0 aromatic heterocycles. The minimum atomic E-state index is -4.01. The van der Waals surface area contributed by atoms with Gasteiger partial charge in [0, 0.05) is 6.54 Å². The summed E-state index contributed by atoms with van der Waals surface area (Å²) in [6.07, 6.45) is 1.84. The quantitative estimate of drug-likeness (QED) is 0.863. The van der Waals surface area contributed by atoms with Crippen molar-refractivity contribution in [1.82, 2.24) is 5.32 Å². The summed E-state index contributed by atoms with van der Waals surface area (Å²) in [5.41, 5.74) is 1.55. The van der Waals surface area contributed by atoms with Crippen molar-refractivity contribution in [3.63, 3.8) is 0 Å². The van der Waals surface area contributed by atoms with Crippen molar-refractivity contribution in [3.05, 3.63) is 58.9 Å². The molecule has 132 valence electrons. The maximum Gasteiger partial charge on any atom is 0.254 e. The van der Waals surface area contributed by atoms with E-state index in [0.29, 0.717) is 6.61 Å². The predicted octanol–water partition coefficient (Wildman–Crippen LogP) is 1.73. The van der Waals surface area contributed by atoms with Gasteiger partial charge in [-0.3, -0.25) is 4.79 Å². The molecule has 0 radical (unpaired) electrons. The molecule has 2 aromatic rings. The number of carbonyl (C=O) groups is 1. The van der Waals surface area contributed by atoms with Crippen LogP contribution in [0.25, 0.3) is 0 Å². The summed E-state index contributed by atoms with van der Waals surface area (Å²) in [7, 11) is -4.01. The highest BCUT2D eigenvalue weighted by Crippen LogP contribution is 2.25. The van der Waals surface area contributed by atoms with E-state index in [1.165, 1.54) is 0 Å². The summed E-state index contributed by atoms with van der Waals surface area (Å²) >= 11 is 0. The summed E-state index contributed by atoms with van der Waals surface area (Å²) < 4.78 is 42.1. The van der Waals surface area contributed by atoms with E-state index in [-0.39, 0.29) is 17.0 Å². The van der Waals surface area contributed by atoms with Crippen molar-refractivity contribution in [3.8, 4) is 5.75 Å². The molecule has 8 heteroatoms. The lowest BCUT2D eigenvalue weighted by Gasteiger charge is -2.18. The van der Waals surface area contributed by atoms with Gasteiger partial charge >= 0.3 is 0 Å². The number of carbonyl (C=O) groups excluding carboxylic acids is 1. The van der Waals surface area contributed by atoms with Crippen LogP contribution in [0.1, 0.15) is 27.9 Å². The molecule has 0 unspecified atom stereocenters. The maximum absolute atomic E-state index is 13.8. The Balaban J connectivity index is 1.75. The molecule has 0 aliphatic carbocycles. The topological polar surface area (TPSA) is 98.5 Å². The highest BCUT2D eigenvalue weighted by atomic mass is 32.2. The maximum atomic E-state index is 13.8. The van der Waals surface area contributed by atoms with Crippen LogP contribution in [0.3, 0.4) is 0 Å². The SMILES string of the molecule is NS(=O)(=O)c1ccc(F)c(C(=O)NCc2ccc3c(c2)CCCO3)c1. The smallest absolute Gasteiger partial charge is 0.254 e. The molecule has 0 fully saturated rings. The molecule has 0 bridgehead atoms. The van der Waals surface area contributed by atoms with Gasteiger partial charge in [-0.25, -0.2) is 17.9 Å². The van der Waals surface area contributed by atoms with Crippen LogP contribution in [0.2, 0.25) is 0 Å². The Morgan fingerprint density at radius 1 is 1.24 bits per heavy atom. The second kappa shape index (κ2) is 6.81. The van der Waals surface area contributed by atoms with Gasteiger partial charge in [-0.05, 0) is 48.2 Å². The zero-order valence-electron chi connectivity index (χ0n) is 13.3. The molecule has 6 nitrogen and oxygen atoms in total. The zero-order chi connectivity index (χ0) is 18.0. The number of fused-ring (bicyclic) bond motifs is 1. The van der Waals surface area contributed by atoms with Gasteiger partial charge in [-0.2, -0.15) is 0 Å². The van der Waals surface area contributed by atoms with Gasteiger partial charge in [-0.15, -0.1) is 0 Å². The van der Waals surface area contributed by atoms with Crippen LogP contribution in [0.4, 0.5) is 4.39 Å². The lowest BCUT2D eigenvalue weighted by molar-refractivity contribution is 0.0946. The Bertz CT molecular complexity index is 928. The highest BCUT2D eigenvalue weighted by molar-refractivity contribution is 7.89. The molecule has 1 aliphatic rings. The number of benzene rings is 2. The molecular weight excluding hydrogens is 347 g/mol. The first-order valence-electron chi connectivity index (χ1n) is 7.70. The summed E-state index contributed by atoms with van der Waals surface area (Å²) in [5.74, 6) is -0.686. The van der Waals surface area contributed by atoms with Crippen molar-refractivity contribution in [2.24, 2.45) is 5.14 Å². The number of rotatable bonds is 4. The zero-order valence-corrected chi connectivity index (χ0v) is 14.1. The fraction of sp³-hybridized carbons (Fsp3) is 0.235. The van der Waals surface area contributed by atoms with E-state index in [2.05, 4.69) is 5.32 Å². The number of hydrogen-bond acceptors (Lipinski definition) is 4. The van der Waals surface area contributed by atoms with Crippen LogP contribution < -0.4 is 15.2 Å². The van der Waals surface area contributed by atoms with Gasteiger partial charge in [0.15, 0.2) is 0 Å². The number of sulfonamides is 1. The lowest BCUT2D eigenvalue weighted by Crippen LogP contribution is -2.25. The Kier molecular flexibility index (Phi) is 4.73. The van der Waals surface area contributed by atoms with Crippen LogP contribution >= 0.6 is 0 Å². The predicted molar refractivity (Wildman–Crippen MR) is 89.2 cm³/mol. The normalized spacial score (nSPS) is 13.7. The van der Waals surface area contributed by atoms with Crippen LogP contribution in [0.5, 0.6) is 5.75 Å². The molecule has 1 heterocycles. The number of nitrogens with two attached hydrogens (primary N) is 1. The van der Waals surface area contributed by atoms with Crippen LogP contribution in [0.15, 0.2) is 41.3 Å². The van der Waals surface area contributed by atoms with E-state index in [4.69, 9.17) is 9.88 Å². The largest absolute Gasteiger partial charge is 0.493 e. The second-order valence-electron chi connectivity index (χ2n) is 5.76. The van der Waals surface area contributed by atoms with Crippen molar-refractivity contribution in [1.29, 1.82) is 0 Å².